The van der Waals surface area contributed by atoms with E-state index < -0.39 is 0 Å². The number of nitrogens with two attached hydrogens (primary N) is 1. The summed E-state index contributed by atoms with van der Waals surface area (Å²) in [5.74, 6) is -0.333. The Labute approximate surface area is 149 Å². The molecule has 2 aromatic carbocycles. The smallest absolute Gasteiger partial charge is 0.142 e. The molecule has 118 valence electrons. The summed E-state index contributed by atoms with van der Waals surface area (Å²) in [6.07, 6.45) is 2.02. The Bertz CT molecular complexity index is 640. The number of benzene rings is 2. The van der Waals surface area contributed by atoms with E-state index in [2.05, 4.69) is 45.5 Å². The van der Waals surface area contributed by atoms with Crippen LogP contribution in [0.5, 0.6) is 0 Å². The van der Waals surface area contributed by atoms with Gasteiger partial charge in [-0.05, 0) is 35.4 Å². The molecule has 1 aliphatic rings. The molecule has 1 fully saturated rings. The highest BCUT2D eigenvalue weighted by molar-refractivity contribution is 9.10. The van der Waals surface area contributed by atoms with Crippen LogP contribution in [0, 0.1) is 5.82 Å². The third-order valence-corrected chi connectivity index (χ3v) is 5.25. The molecule has 0 amide bonds. The van der Waals surface area contributed by atoms with E-state index >= 15 is 0 Å². The number of halogens is 4. The first-order valence-corrected chi connectivity index (χ1v) is 8.32. The zero-order valence-electron chi connectivity index (χ0n) is 12.0. The summed E-state index contributed by atoms with van der Waals surface area (Å²) >= 11 is 9.33. The molecular weight excluding hydrogens is 388 g/mol. The predicted molar refractivity (Wildman–Crippen MR) is 87.2 cm³/mol. The Balaban J connectivity index is 0.00000176. The number of quaternary nitrogens is 1. The molecule has 22 heavy (non-hydrogen) atoms. The van der Waals surface area contributed by atoms with Gasteiger partial charge in [0.05, 0.1) is 18.1 Å². The molecule has 0 atom stereocenters. The van der Waals surface area contributed by atoms with Crippen LogP contribution in [-0.4, -0.2) is 13.1 Å². The molecule has 0 unspecified atom stereocenters. The van der Waals surface area contributed by atoms with Crippen molar-refractivity contribution in [3.63, 3.8) is 0 Å². The Morgan fingerprint density at radius 2 is 1.59 bits per heavy atom. The van der Waals surface area contributed by atoms with E-state index in [1.165, 1.54) is 5.56 Å². The lowest BCUT2D eigenvalue weighted by molar-refractivity contribution is -0.665. The van der Waals surface area contributed by atoms with Crippen molar-refractivity contribution in [2.75, 3.05) is 13.1 Å². The first kappa shape index (κ1) is 17.7. The van der Waals surface area contributed by atoms with E-state index in [-0.39, 0.29) is 28.7 Å². The molecule has 5 heteroatoms. The third-order valence-electron chi connectivity index (χ3n) is 4.42. The Morgan fingerprint density at radius 3 is 2.18 bits per heavy atom. The van der Waals surface area contributed by atoms with E-state index in [9.17, 15) is 4.39 Å². The molecule has 1 nitrogen and oxygen atoms in total. The fourth-order valence-electron chi connectivity index (χ4n) is 3.27. The maximum Gasteiger partial charge on any atom is 0.142 e. The normalized spacial score (nSPS) is 16.9. The highest BCUT2D eigenvalue weighted by Crippen LogP contribution is 2.40. The third kappa shape index (κ3) is 3.33. The lowest BCUT2D eigenvalue weighted by Gasteiger charge is -2.37. The van der Waals surface area contributed by atoms with Crippen LogP contribution in [-0.2, 0) is 5.41 Å². The van der Waals surface area contributed by atoms with Crippen LogP contribution in [0.1, 0.15) is 24.0 Å². The Kier molecular flexibility index (Phi) is 5.89. The number of rotatable bonds is 2. The minimum atomic E-state index is -0.333. The zero-order chi connectivity index (χ0) is 14.9. The first-order valence-electron chi connectivity index (χ1n) is 7.15. The molecule has 0 aromatic heterocycles. The fourth-order valence-corrected chi connectivity index (χ4v) is 3.65. The maximum absolute atomic E-state index is 13.9. The summed E-state index contributed by atoms with van der Waals surface area (Å²) < 4.78 is 15.0. The van der Waals surface area contributed by atoms with Crippen molar-refractivity contribution in [3.8, 4) is 0 Å². The molecule has 3 rings (SSSR count). The molecule has 1 heterocycles. The minimum Gasteiger partial charge on any atom is -1.00 e. The van der Waals surface area contributed by atoms with Gasteiger partial charge in [-0.2, -0.15) is 0 Å². The van der Waals surface area contributed by atoms with E-state index in [1.54, 1.807) is 12.1 Å². The highest BCUT2D eigenvalue weighted by Gasteiger charge is 2.37. The average Bonchev–Trinajstić information content (AvgIpc) is 2.51. The summed E-state index contributed by atoms with van der Waals surface area (Å²) in [6.45, 7) is 2.11. The van der Waals surface area contributed by atoms with Crippen LogP contribution < -0.4 is 17.7 Å². The molecule has 0 saturated carbocycles. The average molecular weight is 405 g/mol. The first-order chi connectivity index (χ1) is 10.1. The molecule has 1 saturated heterocycles. The van der Waals surface area contributed by atoms with E-state index in [0.717, 1.165) is 36.0 Å². The van der Waals surface area contributed by atoms with E-state index in [1.807, 2.05) is 6.07 Å². The monoisotopic (exact) mass is 403 g/mol. The van der Waals surface area contributed by atoms with Crippen molar-refractivity contribution in [1.29, 1.82) is 0 Å². The van der Waals surface area contributed by atoms with Crippen molar-refractivity contribution in [3.05, 3.63) is 68.9 Å². The molecule has 2 aromatic rings. The maximum atomic E-state index is 13.9. The molecule has 0 aliphatic carbocycles. The van der Waals surface area contributed by atoms with Crippen LogP contribution in [0.15, 0.2) is 46.9 Å². The molecule has 0 bridgehead atoms. The number of piperidine rings is 1. The molecular formula is C17H17BrCl2FN. The standard InChI is InChI=1S/C17H16BrClFN.ClH/c18-14-4-1-12(2-5-14)17(7-9-21-10-8-17)13-3-6-15(19)16(20)11-13;/h1-6,11,21H,7-10H2;1H. The molecule has 0 radical (unpaired) electrons. The Hall–Kier alpha value is -0.610. The second kappa shape index (κ2) is 7.31. The van der Waals surface area contributed by atoms with Gasteiger partial charge in [-0.3, -0.25) is 0 Å². The van der Waals surface area contributed by atoms with Crippen molar-refractivity contribution >= 4 is 27.5 Å². The van der Waals surface area contributed by atoms with Crippen LogP contribution in [0.3, 0.4) is 0 Å². The minimum absolute atomic E-state index is 0. The van der Waals surface area contributed by atoms with E-state index in [0.29, 0.717) is 0 Å². The predicted octanol–water partition coefficient (Wildman–Crippen LogP) is 0.889. The van der Waals surface area contributed by atoms with Crippen LogP contribution in [0.25, 0.3) is 0 Å². The van der Waals surface area contributed by atoms with Gasteiger partial charge >= 0.3 is 0 Å². The summed E-state index contributed by atoms with van der Waals surface area (Å²) in [7, 11) is 0. The molecule has 2 N–H and O–H groups in total. The quantitative estimate of drug-likeness (QED) is 0.765. The SMILES string of the molecule is Fc1cc(C2(c3ccc(Br)cc3)CC[NH2+]CC2)ccc1Cl.[Cl-]. The number of hydrogen-bond acceptors (Lipinski definition) is 0. The van der Waals surface area contributed by atoms with Gasteiger partial charge in [0, 0.05) is 22.7 Å². The van der Waals surface area contributed by atoms with Crippen molar-refractivity contribution in [1.82, 2.24) is 0 Å². The molecule has 0 spiro atoms. The zero-order valence-corrected chi connectivity index (χ0v) is 15.1. The van der Waals surface area contributed by atoms with Crippen molar-refractivity contribution in [2.45, 2.75) is 18.3 Å². The largest absolute Gasteiger partial charge is 1.00 e. The second-order valence-corrected chi connectivity index (χ2v) is 6.91. The van der Waals surface area contributed by atoms with Gasteiger partial charge in [0.2, 0.25) is 0 Å². The van der Waals surface area contributed by atoms with Crippen molar-refractivity contribution in [2.24, 2.45) is 0 Å². The van der Waals surface area contributed by atoms with Gasteiger partial charge in [0.1, 0.15) is 5.82 Å². The molecule has 1 aliphatic heterocycles. The lowest BCUT2D eigenvalue weighted by Crippen LogP contribution is -3.00. The fraction of sp³-hybridized carbons (Fsp3) is 0.294. The Morgan fingerprint density at radius 1 is 1.00 bits per heavy atom. The van der Waals surface area contributed by atoms with Gasteiger partial charge in [0.25, 0.3) is 0 Å². The number of hydrogen-bond donors (Lipinski definition) is 1. The van der Waals surface area contributed by atoms with Gasteiger partial charge < -0.3 is 17.7 Å². The van der Waals surface area contributed by atoms with E-state index in [4.69, 9.17) is 11.6 Å². The summed E-state index contributed by atoms with van der Waals surface area (Å²) in [5.41, 5.74) is 2.17. The summed E-state index contributed by atoms with van der Waals surface area (Å²) in [4.78, 5) is 0. The van der Waals surface area contributed by atoms with Crippen LogP contribution in [0.4, 0.5) is 4.39 Å². The van der Waals surface area contributed by atoms with Crippen LogP contribution in [0.2, 0.25) is 5.02 Å². The summed E-state index contributed by atoms with van der Waals surface area (Å²) in [5, 5.41) is 2.51. The second-order valence-electron chi connectivity index (χ2n) is 5.58. The van der Waals surface area contributed by atoms with Gasteiger partial charge in [0.15, 0.2) is 0 Å². The van der Waals surface area contributed by atoms with Gasteiger partial charge in [-0.15, -0.1) is 0 Å². The van der Waals surface area contributed by atoms with Crippen molar-refractivity contribution < 1.29 is 22.1 Å². The summed E-state index contributed by atoms with van der Waals surface area (Å²) in [6, 6.07) is 13.6. The lowest BCUT2D eigenvalue weighted by atomic mass is 9.68. The highest BCUT2D eigenvalue weighted by atomic mass is 79.9. The van der Waals surface area contributed by atoms with Gasteiger partial charge in [-0.1, -0.05) is 45.7 Å². The van der Waals surface area contributed by atoms with Crippen LogP contribution >= 0.6 is 27.5 Å². The van der Waals surface area contributed by atoms with Gasteiger partial charge in [-0.25, -0.2) is 4.39 Å². The topological polar surface area (TPSA) is 16.6 Å².